The predicted molar refractivity (Wildman–Crippen MR) is 88.0 cm³/mol. The molecule has 0 saturated carbocycles. The minimum absolute atomic E-state index is 0.214. The van der Waals surface area contributed by atoms with Crippen molar-refractivity contribution in [2.45, 2.75) is 0 Å². The van der Waals surface area contributed by atoms with Gasteiger partial charge < -0.3 is 15.2 Å². The minimum atomic E-state index is 0.214. The monoisotopic (exact) mass is 309 g/mol. The fourth-order valence-electron chi connectivity index (χ4n) is 1.87. The molecule has 0 radical (unpaired) electrons. The van der Waals surface area contributed by atoms with Crippen molar-refractivity contribution in [1.82, 2.24) is 15.2 Å². The van der Waals surface area contributed by atoms with Crippen LogP contribution >= 0.6 is 0 Å². The Hall–Kier alpha value is -3.35. The Morgan fingerprint density at radius 1 is 1.13 bits per heavy atom. The van der Waals surface area contributed by atoms with Crippen LogP contribution in [0.25, 0.3) is 0 Å². The van der Waals surface area contributed by atoms with E-state index in [1.165, 1.54) is 0 Å². The van der Waals surface area contributed by atoms with Gasteiger partial charge in [0.25, 0.3) is 5.95 Å². The van der Waals surface area contributed by atoms with Crippen molar-refractivity contribution in [2.24, 2.45) is 4.99 Å². The van der Waals surface area contributed by atoms with Crippen molar-refractivity contribution >= 4 is 23.8 Å². The smallest absolute Gasteiger partial charge is 0.269 e. The molecule has 23 heavy (non-hydrogen) atoms. The molecule has 2 aromatic carbocycles. The van der Waals surface area contributed by atoms with E-state index in [1.54, 1.807) is 37.6 Å². The van der Waals surface area contributed by atoms with Gasteiger partial charge in [0.2, 0.25) is 5.95 Å². The zero-order chi connectivity index (χ0) is 16.1. The van der Waals surface area contributed by atoms with E-state index < -0.39 is 0 Å². The topological polar surface area (TPSA) is 95.4 Å². The Morgan fingerprint density at radius 2 is 1.87 bits per heavy atom. The molecule has 7 nitrogen and oxygen atoms in total. The lowest BCUT2D eigenvalue weighted by Gasteiger charge is -2.03. The predicted octanol–water partition coefficient (Wildman–Crippen LogP) is 3.01. The molecule has 0 aliphatic carbocycles. The molecule has 1 aromatic heterocycles. The first-order valence-electron chi connectivity index (χ1n) is 6.89. The largest absolute Gasteiger partial charge is 0.508 e. The number of anilines is 2. The van der Waals surface area contributed by atoms with Gasteiger partial charge >= 0.3 is 0 Å². The Morgan fingerprint density at radius 3 is 2.57 bits per heavy atom. The van der Waals surface area contributed by atoms with Crippen LogP contribution in [0.2, 0.25) is 0 Å². The first-order valence-corrected chi connectivity index (χ1v) is 6.89. The number of aromatic hydroxyl groups is 1. The van der Waals surface area contributed by atoms with E-state index in [0.717, 1.165) is 17.0 Å². The second-order valence-corrected chi connectivity index (χ2v) is 4.69. The number of aromatic amines is 1. The number of rotatable bonds is 5. The molecule has 0 bridgehead atoms. The summed E-state index contributed by atoms with van der Waals surface area (Å²) in [6, 6.07) is 14.1. The van der Waals surface area contributed by atoms with Crippen molar-refractivity contribution in [3.8, 4) is 11.5 Å². The van der Waals surface area contributed by atoms with E-state index in [-0.39, 0.29) is 5.75 Å². The maximum atomic E-state index is 9.23. The van der Waals surface area contributed by atoms with E-state index in [9.17, 15) is 5.11 Å². The van der Waals surface area contributed by atoms with E-state index in [0.29, 0.717) is 11.9 Å². The van der Waals surface area contributed by atoms with Crippen LogP contribution in [0.1, 0.15) is 5.56 Å². The third kappa shape index (κ3) is 3.85. The van der Waals surface area contributed by atoms with Crippen molar-refractivity contribution in [2.75, 3.05) is 12.4 Å². The number of aliphatic imine (C=N–C) groups is 1. The number of H-pyrrole nitrogens is 1. The fourth-order valence-corrected chi connectivity index (χ4v) is 1.87. The number of phenols is 1. The number of phenolic OH excluding ortho intramolecular Hbond substituents is 1. The molecular weight excluding hydrogens is 294 g/mol. The zero-order valence-corrected chi connectivity index (χ0v) is 12.4. The number of benzene rings is 2. The minimum Gasteiger partial charge on any atom is -0.508 e. The number of hydrogen-bond donors (Lipinski definition) is 3. The highest BCUT2D eigenvalue weighted by molar-refractivity contribution is 5.81. The molecular formula is C16H15N5O2. The van der Waals surface area contributed by atoms with E-state index in [4.69, 9.17) is 4.74 Å². The van der Waals surface area contributed by atoms with Gasteiger partial charge in [-0.1, -0.05) is 0 Å². The highest BCUT2D eigenvalue weighted by Gasteiger charge is 2.02. The highest BCUT2D eigenvalue weighted by atomic mass is 16.5. The lowest BCUT2D eigenvalue weighted by Crippen LogP contribution is -1.92. The summed E-state index contributed by atoms with van der Waals surface area (Å²) in [5.41, 5.74) is 1.70. The molecule has 7 heteroatoms. The van der Waals surface area contributed by atoms with Crippen LogP contribution in [0.4, 0.5) is 17.6 Å². The highest BCUT2D eigenvalue weighted by Crippen LogP contribution is 2.18. The SMILES string of the molecule is COc1ccc(Nc2nc(/N=C/c3ccc(O)cc3)n[nH]2)cc1. The maximum Gasteiger partial charge on any atom is 0.269 e. The lowest BCUT2D eigenvalue weighted by molar-refractivity contribution is 0.415. The van der Waals surface area contributed by atoms with Gasteiger partial charge in [-0.3, -0.25) is 0 Å². The molecule has 3 aromatic rings. The van der Waals surface area contributed by atoms with Crippen LogP contribution in [0, 0.1) is 0 Å². The summed E-state index contributed by atoms with van der Waals surface area (Å²) < 4.78 is 5.11. The number of nitrogens with one attached hydrogen (secondary N) is 2. The van der Waals surface area contributed by atoms with Crippen LogP contribution < -0.4 is 10.1 Å². The van der Waals surface area contributed by atoms with Crippen LogP contribution in [0.3, 0.4) is 0 Å². The Balaban J connectivity index is 1.66. The third-order valence-electron chi connectivity index (χ3n) is 3.05. The van der Waals surface area contributed by atoms with E-state index in [1.807, 2.05) is 24.3 Å². The molecule has 0 spiro atoms. The van der Waals surface area contributed by atoms with Gasteiger partial charge in [0.05, 0.1) is 7.11 Å². The summed E-state index contributed by atoms with van der Waals surface area (Å²) >= 11 is 0. The maximum absolute atomic E-state index is 9.23. The molecule has 3 N–H and O–H groups in total. The van der Waals surface area contributed by atoms with Gasteiger partial charge in [-0.15, -0.1) is 5.10 Å². The standard InChI is InChI=1S/C16H15N5O2/c1-23-14-8-4-12(5-9-14)18-16-19-15(20-21-16)17-10-11-2-6-13(22)7-3-11/h2-10,22H,1H3,(H2,18,19,20,21)/b17-10+. The van der Waals surface area contributed by atoms with Crippen molar-refractivity contribution in [3.05, 3.63) is 54.1 Å². The summed E-state index contributed by atoms with van der Waals surface area (Å²) in [4.78, 5) is 8.40. The first kappa shape index (κ1) is 14.6. The molecule has 0 fully saturated rings. The summed E-state index contributed by atoms with van der Waals surface area (Å²) in [5, 5.41) is 19.1. The average Bonchev–Trinajstić information content (AvgIpc) is 3.02. The number of hydrogen-bond acceptors (Lipinski definition) is 6. The van der Waals surface area contributed by atoms with Crippen LogP contribution in [-0.2, 0) is 0 Å². The van der Waals surface area contributed by atoms with Crippen LogP contribution in [0.5, 0.6) is 11.5 Å². The Labute approximate surface area is 132 Å². The number of nitrogens with zero attached hydrogens (tertiary/aromatic N) is 3. The van der Waals surface area contributed by atoms with Gasteiger partial charge in [-0.25, -0.2) is 10.1 Å². The van der Waals surface area contributed by atoms with Crippen LogP contribution in [-0.4, -0.2) is 33.6 Å². The van der Waals surface area contributed by atoms with E-state index >= 15 is 0 Å². The lowest BCUT2D eigenvalue weighted by atomic mass is 10.2. The molecule has 1 heterocycles. The van der Waals surface area contributed by atoms with Gasteiger partial charge in [0.1, 0.15) is 11.5 Å². The number of methoxy groups -OCH3 is 1. The normalized spacial score (nSPS) is 10.8. The summed E-state index contributed by atoms with van der Waals surface area (Å²) in [6.07, 6.45) is 1.62. The van der Waals surface area contributed by atoms with Gasteiger partial charge in [0, 0.05) is 11.9 Å². The number of ether oxygens (including phenoxy) is 1. The van der Waals surface area contributed by atoms with Crippen LogP contribution in [0.15, 0.2) is 53.5 Å². The Bertz CT molecular complexity index is 794. The third-order valence-corrected chi connectivity index (χ3v) is 3.05. The average molecular weight is 309 g/mol. The Kier molecular flexibility index (Phi) is 4.19. The fraction of sp³-hybridized carbons (Fsp3) is 0.0625. The molecule has 0 aliphatic heterocycles. The molecule has 0 amide bonds. The van der Waals surface area contributed by atoms with E-state index in [2.05, 4.69) is 25.5 Å². The summed E-state index contributed by atoms with van der Waals surface area (Å²) in [5.74, 6) is 1.81. The quantitative estimate of drug-likeness (QED) is 0.630. The van der Waals surface area contributed by atoms with Crippen molar-refractivity contribution < 1.29 is 9.84 Å². The second kappa shape index (κ2) is 6.61. The molecule has 0 unspecified atom stereocenters. The first-order chi connectivity index (χ1) is 11.2. The summed E-state index contributed by atoms with van der Waals surface area (Å²) in [7, 11) is 1.62. The van der Waals surface area contributed by atoms with Crippen molar-refractivity contribution in [1.29, 1.82) is 0 Å². The molecule has 3 rings (SSSR count). The zero-order valence-electron chi connectivity index (χ0n) is 12.4. The van der Waals surface area contributed by atoms with Gasteiger partial charge in [-0.05, 0) is 54.1 Å². The second-order valence-electron chi connectivity index (χ2n) is 4.69. The molecule has 0 atom stereocenters. The van der Waals surface area contributed by atoms with Gasteiger partial charge in [-0.2, -0.15) is 4.98 Å². The molecule has 116 valence electrons. The van der Waals surface area contributed by atoms with Crippen molar-refractivity contribution in [3.63, 3.8) is 0 Å². The molecule has 0 aliphatic rings. The number of aromatic nitrogens is 3. The molecule has 0 saturated heterocycles. The van der Waals surface area contributed by atoms with Gasteiger partial charge in [0.15, 0.2) is 0 Å². The summed E-state index contributed by atoms with van der Waals surface area (Å²) in [6.45, 7) is 0.